The lowest BCUT2D eigenvalue weighted by atomic mass is 10.0. The molecule has 1 N–H and O–H groups in total. The first-order valence-corrected chi connectivity index (χ1v) is 7.94. The van der Waals surface area contributed by atoms with Crippen LogP contribution in [0.5, 0.6) is 11.5 Å². The predicted octanol–water partition coefficient (Wildman–Crippen LogP) is 5.00. The average Bonchev–Trinajstić information content (AvgIpc) is 2.63. The van der Waals surface area contributed by atoms with Crippen LogP contribution in [0.4, 0.5) is 5.69 Å². The topological polar surface area (TPSA) is 30.5 Å². The van der Waals surface area contributed by atoms with Crippen molar-refractivity contribution < 1.29 is 9.57 Å². The number of rotatable bonds is 6. The van der Waals surface area contributed by atoms with Crippen LogP contribution in [-0.4, -0.2) is 7.11 Å². The molecule has 3 rings (SSSR count). The molecule has 3 aromatic carbocycles. The Bertz CT molecular complexity index is 762. The van der Waals surface area contributed by atoms with Crippen molar-refractivity contribution >= 4 is 5.69 Å². The van der Waals surface area contributed by atoms with E-state index in [1.165, 1.54) is 16.7 Å². The predicted molar refractivity (Wildman–Crippen MR) is 97.7 cm³/mol. The largest absolute Gasteiger partial charge is 0.497 e. The first-order valence-electron chi connectivity index (χ1n) is 7.94. The molecule has 0 aliphatic heterocycles. The summed E-state index contributed by atoms with van der Waals surface area (Å²) in [4.78, 5) is 5.60. The number of ether oxygens (including phenoxy) is 1. The second-order valence-corrected chi connectivity index (χ2v) is 5.74. The maximum absolute atomic E-state index is 5.60. The molecule has 0 aliphatic rings. The minimum atomic E-state index is 0.786. The summed E-state index contributed by atoms with van der Waals surface area (Å²) >= 11 is 0. The Morgan fingerprint density at radius 2 is 1.25 bits per heavy atom. The number of benzene rings is 3. The zero-order valence-electron chi connectivity index (χ0n) is 14.0. The van der Waals surface area contributed by atoms with Crippen molar-refractivity contribution in [2.24, 2.45) is 0 Å². The van der Waals surface area contributed by atoms with Gasteiger partial charge in [-0.15, -0.1) is 0 Å². The molecule has 0 aromatic heterocycles. The Kier molecular flexibility index (Phi) is 5.02. The van der Waals surface area contributed by atoms with Crippen molar-refractivity contribution in [2.75, 3.05) is 12.6 Å². The molecule has 122 valence electrons. The summed E-state index contributed by atoms with van der Waals surface area (Å²) in [7, 11) is 1.68. The van der Waals surface area contributed by atoms with E-state index in [4.69, 9.17) is 9.57 Å². The highest BCUT2D eigenvalue weighted by molar-refractivity contribution is 5.43. The number of anilines is 1. The molecule has 3 aromatic rings. The number of hydrogen-bond donors (Lipinski definition) is 1. The summed E-state index contributed by atoms with van der Waals surface area (Å²) in [5.41, 5.74) is 7.61. The highest BCUT2D eigenvalue weighted by Crippen LogP contribution is 2.18. The van der Waals surface area contributed by atoms with Gasteiger partial charge < -0.3 is 9.57 Å². The van der Waals surface area contributed by atoms with Gasteiger partial charge in [-0.3, -0.25) is 0 Å². The Labute approximate surface area is 142 Å². The molecule has 24 heavy (non-hydrogen) atoms. The Morgan fingerprint density at radius 3 is 1.79 bits per heavy atom. The summed E-state index contributed by atoms with van der Waals surface area (Å²) in [5, 5.41) is 0. The monoisotopic (exact) mass is 319 g/mol. The minimum absolute atomic E-state index is 0.786. The van der Waals surface area contributed by atoms with Gasteiger partial charge in [-0.05, 0) is 60.9 Å². The Balaban J connectivity index is 1.57. The molecule has 0 saturated carbocycles. The van der Waals surface area contributed by atoms with E-state index in [2.05, 4.69) is 36.7 Å². The minimum Gasteiger partial charge on any atom is -0.497 e. The molecule has 0 radical (unpaired) electrons. The van der Waals surface area contributed by atoms with Gasteiger partial charge in [0, 0.05) is 0 Å². The molecular weight excluding hydrogens is 298 g/mol. The van der Waals surface area contributed by atoms with Gasteiger partial charge in [0.15, 0.2) is 5.75 Å². The summed E-state index contributed by atoms with van der Waals surface area (Å²) in [5.74, 6) is 1.67. The molecular formula is C21H21NO2. The first kappa shape index (κ1) is 15.9. The fourth-order valence-electron chi connectivity index (χ4n) is 2.39. The fourth-order valence-corrected chi connectivity index (χ4v) is 2.39. The maximum atomic E-state index is 5.60. The van der Waals surface area contributed by atoms with Gasteiger partial charge in [-0.25, -0.2) is 5.48 Å². The Hall–Kier alpha value is -2.94. The summed E-state index contributed by atoms with van der Waals surface area (Å²) in [6.07, 6.45) is 0.885. The third-order valence-corrected chi connectivity index (χ3v) is 3.83. The van der Waals surface area contributed by atoms with Crippen LogP contribution in [-0.2, 0) is 6.42 Å². The van der Waals surface area contributed by atoms with Crippen molar-refractivity contribution in [2.45, 2.75) is 13.3 Å². The van der Waals surface area contributed by atoms with Crippen LogP contribution in [0.25, 0.3) is 0 Å². The van der Waals surface area contributed by atoms with Crippen LogP contribution in [0.3, 0.4) is 0 Å². The number of hydrogen-bond acceptors (Lipinski definition) is 3. The van der Waals surface area contributed by atoms with Crippen LogP contribution in [0.1, 0.15) is 16.7 Å². The number of methoxy groups -OCH3 is 1. The molecule has 0 heterocycles. The standard InChI is InChI=1S/C21H21NO2/c1-16-3-9-19(10-4-16)22-24-21-13-7-18(8-14-21)15-17-5-11-20(23-2)12-6-17/h3-14,22H,15H2,1-2H3. The molecule has 3 nitrogen and oxygen atoms in total. The number of nitrogens with one attached hydrogen (secondary N) is 1. The third-order valence-electron chi connectivity index (χ3n) is 3.83. The second kappa shape index (κ2) is 7.55. The lowest BCUT2D eigenvalue weighted by Gasteiger charge is -2.09. The number of aryl methyl sites for hydroxylation is 1. The van der Waals surface area contributed by atoms with E-state index < -0.39 is 0 Å². The van der Waals surface area contributed by atoms with E-state index in [-0.39, 0.29) is 0 Å². The van der Waals surface area contributed by atoms with E-state index in [1.807, 2.05) is 48.5 Å². The normalized spacial score (nSPS) is 10.2. The lowest BCUT2D eigenvalue weighted by molar-refractivity contribution is 0.405. The molecule has 0 amide bonds. The van der Waals surface area contributed by atoms with Gasteiger partial charge >= 0.3 is 0 Å². The van der Waals surface area contributed by atoms with Gasteiger partial charge in [0.1, 0.15) is 5.75 Å². The second-order valence-electron chi connectivity index (χ2n) is 5.74. The van der Waals surface area contributed by atoms with Gasteiger partial charge in [0.25, 0.3) is 0 Å². The van der Waals surface area contributed by atoms with Crippen LogP contribution in [0.2, 0.25) is 0 Å². The fraction of sp³-hybridized carbons (Fsp3) is 0.143. The van der Waals surface area contributed by atoms with Gasteiger partial charge in [0.05, 0.1) is 12.8 Å². The van der Waals surface area contributed by atoms with Crippen LogP contribution in [0, 0.1) is 6.92 Å². The van der Waals surface area contributed by atoms with Crippen molar-refractivity contribution in [3.05, 3.63) is 89.5 Å². The highest BCUT2D eigenvalue weighted by Gasteiger charge is 2.00. The van der Waals surface area contributed by atoms with Gasteiger partial charge in [-0.2, -0.15) is 0 Å². The quantitative estimate of drug-likeness (QED) is 0.649. The SMILES string of the molecule is COc1ccc(Cc2ccc(ONc3ccc(C)cc3)cc2)cc1. The molecule has 0 unspecified atom stereocenters. The highest BCUT2D eigenvalue weighted by atomic mass is 16.6. The maximum Gasteiger partial charge on any atom is 0.155 e. The van der Waals surface area contributed by atoms with Crippen molar-refractivity contribution in [3.63, 3.8) is 0 Å². The van der Waals surface area contributed by atoms with Crippen LogP contribution >= 0.6 is 0 Å². The van der Waals surface area contributed by atoms with E-state index in [0.717, 1.165) is 23.6 Å². The average molecular weight is 319 g/mol. The Morgan fingerprint density at radius 1 is 0.708 bits per heavy atom. The lowest BCUT2D eigenvalue weighted by Crippen LogP contribution is -2.04. The smallest absolute Gasteiger partial charge is 0.155 e. The zero-order chi connectivity index (χ0) is 16.8. The van der Waals surface area contributed by atoms with Gasteiger partial charge in [0.2, 0.25) is 0 Å². The zero-order valence-corrected chi connectivity index (χ0v) is 14.0. The van der Waals surface area contributed by atoms with Crippen LogP contribution in [0.15, 0.2) is 72.8 Å². The van der Waals surface area contributed by atoms with Crippen LogP contribution < -0.4 is 15.1 Å². The summed E-state index contributed by atoms with van der Waals surface area (Å²) in [6, 6.07) is 24.3. The van der Waals surface area contributed by atoms with Crippen molar-refractivity contribution in [1.29, 1.82) is 0 Å². The summed E-state index contributed by atoms with van der Waals surface area (Å²) in [6.45, 7) is 2.06. The molecule has 0 fully saturated rings. The molecule has 0 aliphatic carbocycles. The summed E-state index contributed by atoms with van der Waals surface area (Å²) < 4.78 is 5.18. The van der Waals surface area contributed by atoms with E-state index in [9.17, 15) is 0 Å². The van der Waals surface area contributed by atoms with Gasteiger partial charge in [-0.1, -0.05) is 42.0 Å². The molecule has 0 bridgehead atoms. The van der Waals surface area contributed by atoms with E-state index >= 15 is 0 Å². The van der Waals surface area contributed by atoms with Crippen molar-refractivity contribution in [3.8, 4) is 11.5 Å². The first-order chi connectivity index (χ1) is 11.7. The molecule has 0 atom stereocenters. The molecule has 3 heteroatoms. The third kappa shape index (κ3) is 4.29. The molecule has 0 spiro atoms. The van der Waals surface area contributed by atoms with E-state index in [0.29, 0.717) is 0 Å². The molecule has 0 saturated heterocycles. The van der Waals surface area contributed by atoms with E-state index in [1.54, 1.807) is 7.11 Å². The van der Waals surface area contributed by atoms with Crippen molar-refractivity contribution in [1.82, 2.24) is 0 Å².